The number of methoxy groups -OCH3 is 1. The molecular formula is C17H18N2OS. The molecule has 0 fully saturated rings. The Labute approximate surface area is 129 Å². The fourth-order valence-corrected chi connectivity index (χ4v) is 2.06. The molecule has 0 aliphatic carbocycles. The largest absolute Gasteiger partial charge is 0.497 e. The van der Waals surface area contributed by atoms with Crippen molar-refractivity contribution in [2.45, 2.75) is 5.03 Å². The van der Waals surface area contributed by atoms with Gasteiger partial charge in [0.25, 0.3) is 0 Å². The van der Waals surface area contributed by atoms with Crippen molar-refractivity contribution in [1.29, 1.82) is 0 Å². The van der Waals surface area contributed by atoms with Gasteiger partial charge in [0, 0.05) is 0 Å². The third-order valence-corrected chi connectivity index (χ3v) is 3.42. The Balaban J connectivity index is 1.85. The minimum absolute atomic E-state index is 0.870. The number of aromatic amines is 1. The lowest BCUT2D eigenvalue weighted by atomic mass is 10.2. The van der Waals surface area contributed by atoms with Crippen molar-refractivity contribution in [3.8, 4) is 5.75 Å². The molecule has 4 heteroatoms. The Hall–Kier alpha value is -2.20. The van der Waals surface area contributed by atoms with Crippen LogP contribution in [0.4, 0.5) is 0 Å². The highest BCUT2D eigenvalue weighted by Crippen LogP contribution is 2.13. The van der Waals surface area contributed by atoms with E-state index in [1.165, 1.54) is 0 Å². The molecule has 0 unspecified atom stereocenters. The minimum atomic E-state index is 0.870. The van der Waals surface area contributed by atoms with Gasteiger partial charge in [0.15, 0.2) is 0 Å². The number of ether oxygens (including phenoxy) is 1. The zero-order valence-corrected chi connectivity index (χ0v) is 12.9. The van der Waals surface area contributed by atoms with E-state index in [4.69, 9.17) is 4.74 Å². The summed E-state index contributed by atoms with van der Waals surface area (Å²) in [5.41, 5.74) is 2.14. The Morgan fingerprint density at radius 3 is 2.38 bits per heavy atom. The lowest BCUT2D eigenvalue weighted by Gasteiger charge is -1.98. The number of hydrogen-bond donors (Lipinski definition) is 1. The van der Waals surface area contributed by atoms with Crippen LogP contribution in [0.2, 0.25) is 0 Å². The number of H-pyrrole nitrogens is 1. The van der Waals surface area contributed by atoms with E-state index in [1.807, 2.05) is 73.0 Å². The van der Waals surface area contributed by atoms with Gasteiger partial charge in [-0.1, -0.05) is 42.5 Å². The summed E-state index contributed by atoms with van der Waals surface area (Å²) in [5, 5.41) is 8.10. The monoisotopic (exact) mass is 298 g/mol. The third-order valence-electron chi connectivity index (χ3n) is 2.80. The first kappa shape index (κ1) is 15.2. The highest BCUT2D eigenvalue weighted by molar-refractivity contribution is 7.98. The summed E-state index contributed by atoms with van der Waals surface area (Å²) in [7, 11) is 1.67. The molecule has 0 aliphatic rings. The predicted molar refractivity (Wildman–Crippen MR) is 90.6 cm³/mol. The molecule has 0 aliphatic heterocycles. The maximum absolute atomic E-state index is 5.12. The van der Waals surface area contributed by atoms with Gasteiger partial charge in [-0.05, 0) is 36.1 Å². The molecule has 108 valence electrons. The zero-order valence-electron chi connectivity index (χ0n) is 12.1. The molecule has 0 bridgehead atoms. The number of nitrogens with one attached hydrogen (secondary N) is 1. The van der Waals surface area contributed by atoms with Crippen LogP contribution in [0.25, 0.3) is 12.2 Å². The molecule has 1 aromatic carbocycles. The highest BCUT2D eigenvalue weighted by atomic mass is 32.2. The molecule has 0 amide bonds. The Bertz CT molecular complexity index is 639. The maximum atomic E-state index is 5.12. The van der Waals surface area contributed by atoms with Crippen LogP contribution in [-0.2, 0) is 0 Å². The van der Waals surface area contributed by atoms with E-state index in [0.29, 0.717) is 0 Å². The van der Waals surface area contributed by atoms with Gasteiger partial charge in [0.1, 0.15) is 10.8 Å². The molecule has 3 nitrogen and oxygen atoms in total. The van der Waals surface area contributed by atoms with Crippen LogP contribution < -0.4 is 4.74 Å². The zero-order chi connectivity index (χ0) is 14.9. The topological polar surface area (TPSA) is 37.9 Å². The van der Waals surface area contributed by atoms with Crippen LogP contribution in [0.1, 0.15) is 11.3 Å². The van der Waals surface area contributed by atoms with Crippen molar-refractivity contribution < 1.29 is 4.74 Å². The number of benzene rings is 1. The summed E-state index contributed by atoms with van der Waals surface area (Å²) in [6, 6.07) is 9.96. The second-order valence-electron chi connectivity index (χ2n) is 4.24. The molecule has 0 spiro atoms. The minimum Gasteiger partial charge on any atom is -0.497 e. The van der Waals surface area contributed by atoms with Gasteiger partial charge in [-0.25, -0.2) is 0 Å². The van der Waals surface area contributed by atoms with E-state index in [-0.39, 0.29) is 0 Å². The average molecular weight is 298 g/mol. The molecular weight excluding hydrogens is 280 g/mol. The molecule has 1 heterocycles. The first-order valence-corrected chi connectivity index (χ1v) is 7.79. The van der Waals surface area contributed by atoms with E-state index < -0.39 is 0 Å². The Morgan fingerprint density at radius 2 is 1.76 bits per heavy atom. The molecule has 21 heavy (non-hydrogen) atoms. The van der Waals surface area contributed by atoms with E-state index in [1.54, 1.807) is 18.9 Å². The molecule has 1 aromatic heterocycles. The van der Waals surface area contributed by atoms with E-state index >= 15 is 0 Å². The normalized spacial score (nSPS) is 11.9. The van der Waals surface area contributed by atoms with Gasteiger partial charge in [-0.3, -0.25) is 5.10 Å². The van der Waals surface area contributed by atoms with Crippen molar-refractivity contribution in [2.75, 3.05) is 13.4 Å². The van der Waals surface area contributed by atoms with E-state index in [9.17, 15) is 0 Å². The van der Waals surface area contributed by atoms with Crippen LogP contribution >= 0.6 is 11.8 Å². The molecule has 0 atom stereocenters. The molecule has 2 rings (SSSR count). The van der Waals surface area contributed by atoms with Gasteiger partial charge in [0.05, 0.1) is 12.8 Å². The van der Waals surface area contributed by atoms with Crippen molar-refractivity contribution in [3.63, 3.8) is 0 Å². The van der Waals surface area contributed by atoms with E-state index in [2.05, 4.69) is 10.2 Å². The van der Waals surface area contributed by atoms with Crippen LogP contribution in [0.15, 0.2) is 59.7 Å². The van der Waals surface area contributed by atoms with Crippen molar-refractivity contribution >= 4 is 23.9 Å². The van der Waals surface area contributed by atoms with Gasteiger partial charge in [-0.15, -0.1) is 11.8 Å². The average Bonchev–Trinajstić information content (AvgIpc) is 2.99. The summed E-state index contributed by atoms with van der Waals surface area (Å²) in [6.45, 7) is 0. The highest BCUT2D eigenvalue weighted by Gasteiger charge is 1.93. The molecule has 0 radical (unpaired) electrons. The van der Waals surface area contributed by atoms with Crippen LogP contribution in [-0.4, -0.2) is 23.6 Å². The number of allylic oxidation sites excluding steroid dienone is 4. The molecule has 0 saturated carbocycles. The lowest BCUT2D eigenvalue weighted by Crippen LogP contribution is -1.81. The van der Waals surface area contributed by atoms with Crippen LogP contribution in [0.5, 0.6) is 5.75 Å². The van der Waals surface area contributed by atoms with Crippen molar-refractivity contribution in [3.05, 3.63) is 65.9 Å². The predicted octanol–water partition coefficient (Wildman–Crippen LogP) is 4.42. The lowest BCUT2D eigenvalue weighted by molar-refractivity contribution is 0.415. The fraction of sp³-hybridized carbons (Fsp3) is 0.118. The fourth-order valence-electron chi connectivity index (χ4n) is 1.68. The number of thioether (sulfide) groups is 1. The van der Waals surface area contributed by atoms with E-state index in [0.717, 1.165) is 22.0 Å². The van der Waals surface area contributed by atoms with Gasteiger partial charge >= 0.3 is 0 Å². The number of hydrogen-bond acceptors (Lipinski definition) is 3. The first-order valence-electron chi connectivity index (χ1n) is 6.56. The smallest absolute Gasteiger partial charge is 0.118 e. The number of aromatic nitrogens is 2. The van der Waals surface area contributed by atoms with Crippen molar-refractivity contribution in [2.24, 2.45) is 0 Å². The number of rotatable bonds is 6. The molecule has 2 aromatic rings. The maximum Gasteiger partial charge on any atom is 0.118 e. The van der Waals surface area contributed by atoms with Gasteiger partial charge < -0.3 is 4.74 Å². The van der Waals surface area contributed by atoms with Crippen LogP contribution in [0.3, 0.4) is 0 Å². The summed E-state index contributed by atoms with van der Waals surface area (Å²) >= 11 is 1.62. The standard InChI is InChI=1S/C17H18N2OS/c1-20-16-11-9-14(10-12-16)7-5-3-4-6-8-15-13-17(21-2)19-18-15/h3-13H,1-2H3,(H,18,19)/b4-3+,7-5+,8-6+. The van der Waals surface area contributed by atoms with Gasteiger partial charge in [-0.2, -0.15) is 5.10 Å². The Morgan fingerprint density at radius 1 is 1.05 bits per heavy atom. The third kappa shape index (κ3) is 5.00. The first-order chi connectivity index (χ1) is 10.3. The summed E-state index contributed by atoms with van der Waals surface area (Å²) < 4.78 is 5.12. The second kappa shape index (κ2) is 8.17. The summed E-state index contributed by atoms with van der Waals surface area (Å²) in [5.74, 6) is 0.870. The Kier molecular flexibility index (Phi) is 5.91. The summed E-state index contributed by atoms with van der Waals surface area (Å²) in [4.78, 5) is 0. The van der Waals surface area contributed by atoms with Crippen LogP contribution in [0, 0.1) is 0 Å². The molecule has 1 N–H and O–H groups in total. The SMILES string of the molecule is COc1ccc(/C=C/C=C/C=C/c2cc(SC)n[nH]2)cc1. The number of nitrogens with zero attached hydrogens (tertiary/aromatic N) is 1. The molecule has 0 saturated heterocycles. The summed E-state index contributed by atoms with van der Waals surface area (Å²) in [6.07, 6.45) is 14.0. The quantitative estimate of drug-likeness (QED) is 0.633. The van der Waals surface area contributed by atoms with Crippen molar-refractivity contribution in [1.82, 2.24) is 10.2 Å². The second-order valence-corrected chi connectivity index (χ2v) is 5.07. The van der Waals surface area contributed by atoms with Gasteiger partial charge in [0.2, 0.25) is 0 Å².